The van der Waals surface area contributed by atoms with Gasteiger partial charge in [0.05, 0.1) is 5.52 Å². The van der Waals surface area contributed by atoms with E-state index in [2.05, 4.69) is 156 Å². The molecule has 7 aromatic carbocycles. The second-order valence-electron chi connectivity index (χ2n) is 11.7. The van der Waals surface area contributed by atoms with Crippen molar-refractivity contribution in [3.05, 3.63) is 152 Å². The van der Waals surface area contributed by atoms with E-state index in [4.69, 9.17) is 8.83 Å². The van der Waals surface area contributed by atoms with Gasteiger partial charge >= 0.3 is 0 Å². The minimum Gasteiger partial charge on any atom is -0.456 e. The molecule has 3 heterocycles. The number of furan rings is 2. The predicted octanol–water partition coefficient (Wildman–Crippen LogP) is 11.9. The number of benzene rings is 7. The zero-order valence-electron chi connectivity index (χ0n) is 24.2. The van der Waals surface area contributed by atoms with Gasteiger partial charge in [-0.05, 0) is 82.1 Å². The van der Waals surface area contributed by atoms with E-state index >= 15 is 0 Å². The molecule has 0 aliphatic rings. The molecule has 0 fully saturated rings. The van der Waals surface area contributed by atoms with Gasteiger partial charge in [-0.15, -0.1) is 0 Å². The van der Waals surface area contributed by atoms with Gasteiger partial charge in [0.25, 0.3) is 0 Å². The van der Waals surface area contributed by atoms with E-state index in [1.165, 1.54) is 10.8 Å². The van der Waals surface area contributed by atoms with Crippen molar-refractivity contribution < 1.29 is 8.83 Å². The average Bonchev–Trinajstić information content (AvgIpc) is 3.76. The highest BCUT2D eigenvalue weighted by atomic mass is 16.3. The second kappa shape index (κ2) is 9.22. The number of hydrogen-bond acceptors (Lipinski definition) is 2. The van der Waals surface area contributed by atoms with E-state index in [0.717, 1.165) is 82.9 Å². The zero-order chi connectivity index (χ0) is 29.5. The standard InChI is InChI=1S/C42H25NO2/c1-2-11-31(12-3-1)43-37-16-7-6-13-34(37)42-40(43)35-15-8-14-32(41(35)45-42)27-19-17-26(18-20-27)30-21-22-33-36-23-28-9-4-5-10-29(28)24-39(36)44-38(33)25-30/h1-25H. The molecule has 0 N–H and O–H groups in total. The number of para-hydroxylation sites is 3. The number of rotatable bonds is 3. The van der Waals surface area contributed by atoms with Crippen molar-refractivity contribution in [3.8, 4) is 27.9 Å². The van der Waals surface area contributed by atoms with Crippen LogP contribution in [0.3, 0.4) is 0 Å². The number of fused-ring (bicyclic) bond motifs is 9. The van der Waals surface area contributed by atoms with Crippen LogP contribution in [0.2, 0.25) is 0 Å². The summed E-state index contributed by atoms with van der Waals surface area (Å²) in [4.78, 5) is 0. The predicted molar refractivity (Wildman–Crippen MR) is 186 cm³/mol. The van der Waals surface area contributed by atoms with Gasteiger partial charge in [0.15, 0.2) is 5.58 Å². The fourth-order valence-electron chi connectivity index (χ4n) is 7.05. The van der Waals surface area contributed by atoms with Gasteiger partial charge in [-0.1, -0.05) is 97.1 Å². The number of nitrogens with zero attached hydrogens (tertiary/aromatic N) is 1. The molecule has 0 bridgehead atoms. The van der Waals surface area contributed by atoms with Crippen LogP contribution in [-0.4, -0.2) is 4.57 Å². The molecule has 3 heteroatoms. The van der Waals surface area contributed by atoms with Crippen LogP contribution in [0.4, 0.5) is 0 Å². The molecule has 45 heavy (non-hydrogen) atoms. The smallest absolute Gasteiger partial charge is 0.161 e. The van der Waals surface area contributed by atoms with E-state index in [0.29, 0.717) is 0 Å². The summed E-state index contributed by atoms with van der Waals surface area (Å²) in [6, 6.07) is 53.5. The van der Waals surface area contributed by atoms with Crippen molar-refractivity contribution in [2.24, 2.45) is 0 Å². The number of hydrogen-bond donors (Lipinski definition) is 0. The molecule has 0 amide bonds. The van der Waals surface area contributed by atoms with Crippen molar-refractivity contribution in [2.75, 3.05) is 0 Å². The maximum Gasteiger partial charge on any atom is 0.161 e. The molecule has 3 aromatic heterocycles. The fourth-order valence-corrected chi connectivity index (χ4v) is 7.05. The molecule has 210 valence electrons. The van der Waals surface area contributed by atoms with Gasteiger partial charge in [0.1, 0.15) is 22.3 Å². The Morgan fingerprint density at radius 3 is 1.96 bits per heavy atom. The molecule has 3 nitrogen and oxygen atoms in total. The van der Waals surface area contributed by atoms with Gasteiger partial charge in [-0.25, -0.2) is 0 Å². The Labute approximate surface area is 258 Å². The van der Waals surface area contributed by atoms with Crippen LogP contribution in [0.25, 0.3) is 93.6 Å². The van der Waals surface area contributed by atoms with Gasteiger partial charge < -0.3 is 13.4 Å². The lowest BCUT2D eigenvalue weighted by Gasteiger charge is -2.08. The van der Waals surface area contributed by atoms with Gasteiger partial charge in [-0.2, -0.15) is 0 Å². The van der Waals surface area contributed by atoms with E-state index in [9.17, 15) is 0 Å². The maximum absolute atomic E-state index is 6.74. The Bertz CT molecular complexity index is 2740. The molecule has 0 aliphatic carbocycles. The minimum atomic E-state index is 0.903. The molecule has 0 unspecified atom stereocenters. The lowest BCUT2D eigenvalue weighted by molar-refractivity contribution is 0.669. The van der Waals surface area contributed by atoms with E-state index in [-0.39, 0.29) is 0 Å². The van der Waals surface area contributed by atoms with Gasteiger partial charge in [0, 0.05) is 32.8 Å². The lowest BCUT2D eigenvalue weighted by Crippen LogP contribution is -1.92. The van der Waals surface area contributed by atoms with Gasteiger partial charge in [-0.3, -0.25) is 0 Å². The first-order valence-electron chi connectivity index (χ1n) is 15.3. The van der Waals surface area contributed by atoms with Crippen LogP contribution in [-0.2, 0) is 0 Å². The molecular weight excluding hydrogens is 550 g/mol. The summed E-state index contributed by atoms with van der Waals surface area (Å²) in [6.07, 6.45) is 0. The highest BCUT2D eigenvalue weighted by Gasteiger charge is 2.21. The highest BCUT2D eigenvalue weighted by Crippen LogP contribution is 2.42. The van der Waals surface area contributed by atoms with Gasteiger partial charge in [0.2, 0.25) is 0 Å². The molecule has 0 saturated heterocycles. The summed E-state index contributed by atoms with van der Waals surface area (Å²) in [6.45, 7) is 0. The third-order valence-corrected chi connectivity index (χ3v) is 9.19. The Balaban J connectivity index is 1.09. The van der Waals surface area contributed by atoms with Crippen LogP contribution in [0.1, 0.15) is 0 Å². The monoisotopic (exact) mass is 575 g/mol. The van der Waals surface area contributed by atoms with E-state index in [1.807, 2.05) is 0 Å². The molecular formula is C42H25NO2. The van der Waals surface area contributed by atoms with Crippen molar-refractivity contribution >= 4 is 65.7 Å². The maximum atomic E-state index is 6.74. The minimum absolute atomic E-state index is 0.903. The summed E-state index contributed by atoms with van der Waals surface area (Å²) in [7, 11) is 0. The van der Waals surface area contributed by atoms with Crippen LogP contribution in [0.15, 0.2) is 160 Å². The first kappa shape index (κ1) is 24.4. The molecule has 10 rings (SSSR count). The van der Waals surface area contributed by atoms with Crippen molar-refractivity contribution in [2.45, 2.75) is 0 Å². The Hall–Kier alpha value is -6.06. The third-order valence-electron chi connectivity index (χ3n) is 9.19. The summed E-state index contributed by atoms with van der Waals surface area (Å²) < 4.78 is 15.4. The quantitative estimate of drug-likeness (QED) is 0.210. The normalized spacial score (nSPS) is 12.0. The van der Waals surface area contributed by atoms with Crippen molar-refractivity contribution in [1.29, 1.82) is 0 Å². The Kier molecular flexibility index (Phi) is 5.00. The fraction of sp³-hybridized carbons (Fsp3) is 0. The third kappa shape index (κ3) is 3.58. The second-order valence-corrected chi connectivity index (χ2v) is 11.7. The van der Waals surface area contributed by atoms with E-state index in [1.54, 1.807) is 0 Å². The van der Waals surface area contributed by atoms with Crippen molar-refractivity contribution in [3.63, 3.8) is 0 Å². The summed E-state index contributed by atoms with van der Waals surface area (Å²) in [5.41, 5.74) is 11.5. The topological polar surface area (TPSA) is 31.2 Å². The molecule has 10 aromatic rings. The molecule has 0 spiro atoms. The average molecular weight is 576 g/mol. The molecule has 0 radical (unpaired) electrons. The first-order valence-corrected chi connectivity index (χ1v) is 15.3. The van der Waals surface area contributed by atoms with E-state index < -0.39 is 0 Å². The largest absolute Gasteiger partial charge is 0.456 e. The lowest BCUT2D eigenvalue weighted by atomic mass is 9.98. The highest BCUT2D eigenvalue weighted by molar-refractivity contribution is 6.18. The van der Waals surface area contributed by atoms with Crippen molar-refractivity contribution in [1.82, 2.24) is 4.57 Å². The van der Waals surface area contributed by atoms with Crippen LogP contribution < -0.4 is 0 Å². The molecule has 0 atom stereocenters. The summed E-state index contributed by atoms with van der Waals surface area (Å²) in [5, 5.41) is 6.92. The Morgan fingerprint density at radius 1 is 0.400 bits per heavy atom. The summed E-state index contributed by atoms with van der Waals surface area (Å²) in [5.74, 6) is 0. The van der Waals surface area contributed by atoms with Crippen LogP contribution in [0.5, 0.6) is 0 Å². The zero-order valence-corrected chi connectivity index (χ0v) is 24.2. The number of aromatic nitrogens is 1. The van der Waals surface area contributed by atoms with Crippen LogP contribution >= 0.6 is 0 Å². The first-order chi connectivity index (χ1) is 22.3. The summed E-state index contributed by atoms with van der Waals surface area (Å²) >= 11 is 0. The SMILES string of the molecule is c1ccc(-n2c3ccccc3c3oc4c(-c5ccc(-c6ccc7c(c6)oc6cc8ccccc8cc67)cc5)cccc4c32)cc1. The molecule has 0 saturated carbocycles. The van der Waals surface area contributed by atoms with Crippen LogP contribution in [0, 0.1) is 0 Å². The Morgan fingerprint density at radius 2 is 1.09 bits per heavy atom. The molecule has 0 aliphatic heterocycles.